The third-order valence-electron chi connectivity index (χ3n) is 2.09. The van der Waals surface area contributed by atoms with E-state index >= 15 is 0 Å². The molecule has 0 fully saturated rings. The topological polar surface area (TPSA) is 141 Å². The Balaban J connectivity index is 4.46. The summed E-state index contributed by atoms with van der Waals surface area (Å²) < 4.78 is 0. The molecule has 0 spiro atoms. The molecule has 0 heterocycles. The van der Waals surface area contributed by atoms with E-state index in [2.05, 4.69) is 5.32 Å². The van der Waals surface area contributed by atoms with Gasteiger partial charge < -0.3 is 22.5 Å². The third-order valence-corrected chi connectivity index (χ3v) is 2.09. The molecule has 7 heteroatoms. The summed E-state index contributed by atoms with van der Waals surface area (Å²) in [5.74, 6) is -2.15. The number of carbonyl (C=O) groups excluding carboxylic acids is 3. The molecule has 0 bridgehead atoms. The Morgan fingerprint density at radius 3 is 2.00 bits per heavy atom. The van der Waals surface area contributed by atoms with Gasteiger partial charge in [0.1, 0.15) is 6.04 Å². The monoisotopic (exact) mass is 230 g/mol. The van der Waals surface area contributed by atoms with E-state index < -0.39 is 29.8 Å². The Kier molecular flexibility index (Phi) is 5.44. The summed E-state index contributed by atoms with van der Waals surface area (Å²) in [5.41, 5.74) is 15.5. The smallest absolute Gasteiger partial charge is 0.240 e. The second-order valence-corrected chi connectivity index (χ2v) is 3.90. The average Bonchev–Trinajstić information content (AvgIpc) is 2.14. The maximum absolute atomic E-state index is 11.5. The number of hydrogen-bond acceptors (Lipinski definition) is 4. The largest absolute Gasteiger partial charge is 0.370 e. The van der Waals surface area contributed by atoms with Crippen LogP contribution in [0.2, 0.25) is 0 Å². The van der Waals surface area contributed by atoms with Crippen LogP contribution in [0.5, 0.6) is 0 Å². The molecular formula is C9H18N4O3. The van der Waals surface area contributed by atoms with Crippen molar-refractivity contribution in [3.8, 4) is 0 Å². The maximum atomic E-state index is 11.5. The Morgan fingerprint density at radius 1 is 1.19 bits per heavy atom. The minimum absolute atomic E-state index is 0.0814. The Morgan fingerprint density at radius 2 is 1.69 bits per heavy atom. The summed E-state index contributed by atoms with van der Waals surface area (Å²) in [6.07, 6.45) is -0.327. The first kappa shape index (κ1) is 14.4. The quantitative estimate of drug-likeness (QED) is 0.411. The number of hydrogen-bond donors (Lipinski definition) is 4. The third kappa shape index (κ3) is 4.74. The number of nitrogens with one attached hydrogen (secondary N) is 1. The lowest BCUT2D eigenvalue weighted by Gasteiger charge is -2.19. The van der Waals surface area contributed by atoms with Gasteiger partial charge in [-0.3, -0.25) is 14.4 Å². The van der Waals surface area contributed by atoms with Gasteiger partial charge in [-0.15, -0.1) is 0 Å². The molecule has 7 nitrogen and oxygen atoms in total. The van der Waals surface area contributed by atoms with E-state index in [9.17, 15) is 14.4 Å². The summed E-state index contributed by atoms with van der Waals surface area (Å²) in [5, 5.41) is 2.29. The SMILES string of the molecule is CC(C)[C@@H](N)C(=O)N[C@@H](CC(N)=O)C(N)=O. The molecule has 0 aromatic rings. The van der Waals surface area contributed by atoms with Crippen LogP contribution in [-0.2, 0) is 14.4 Å². The molecule has 0 saturated heterocycles. The van der Waals surface area contributed by atoms with Crippen molar-refractivity contribution in [2.24, 2.45) is 23.1 Å². The lowest BCUT2D eigenvalue weighted by molar-refractivity contribution is -0.130. The van der Waals surface area contributed by atoms with Crippen LogP contribution in [0.1, 0.15) is 20.3 Å². The molecule has 0 unspecified atom stereocenters. The van der Waals surface area contributed by atoms with Crippen LogP contribution in [0.4, 0.5) is 0 Å². The van der Waals surface area contributed by atoms with Crippen LogP contribution >= 0.6 is 0 Å². The molecule has 0 aromatic carbocycles. The predicted molar refractivity (Wildman–Crippen MR) is 57.7 cm³/mol. The zero-order valence-electron chi connectivity index (χ0n) is 9.40. The van der Waals surface area contributed by atoms with Gasteiger partial charge in [-0.2, -0.15) is 0 Å². The highest BCUT2D eigenvalue weighted by atomic mass is 16.2. The Labute approximate surface area is 93.7 Å². The second-order valence-electron chi connectivity index (χ2n) is 3.90. The van der Waals surface area contributed by atoms with Crippen LogP contribution < -0.4 is 22.5 Å². The van der Waals surface area contributed by atoms with Crippen LogP contribution in [-0.4, -0.2) is 29.8 Å². The molecule has 0 aromatic heterocycles. The minimum Gasteiger partial charge on any atom is -0.370 e. The van der Waals surface area contributed by atoms with Crippen molar-refractivity contribution in [3.63, 3.8) is 0 Å². The highest BCUT2D eigenvalue weighted by Crippen LogP contribution is 1.99. The van der Waals surface area contributed by atoms with Gasteiger partial charge >= 0.3 is 0 Å². The van der Waals surface area contributed by atoms with Crippen molar-refractivity contribution in [3.05, 3.63) is 0 Å². The van der Waals surface area contributed by atoms with Gasteiger partial charge in [-0.25, -0.2) is 0 Å². The molecule has 0 rings (SSSR count). The van der Waals surface area contributed by atoms with Gasteiger partial charge in [0.05, 0.1) is 12.5 Å². The van der Waals surface area contributed by atoms with Crippen molar-refractivity contribution in [1.82, 2.24) is 5.32 Å². The van der Waals surface area contributed by atoms with Crippen LogP contribution in [0.3, 0.4) is 0 Å². The molecular weight excluding hydrogens is 212 g/mol. The van der Waals surface area contributed by atoms with Crippen molar-refractivity contribution in [1.29, 1.82) is 0 Å². The van der Waals surface area contributed by atoms with Gasteiger partial charge in [0.15, 0.2) is 0 Å². The van der Waals surface area contributed by atoms with Gasteiger partial charge in [0.2, 0.25) is 17.7 Å². The van der Waals surface area contributed by atoms with E-state index in [0.717, 1.165) is 0 Å². The normalized spacial score (nSPS) is 14.2. The lowest BCUT2D eigenvalue weighted by Crippen LogP contribution is -2.53. The zero-order valence-corrected chi connectivity index (χ0v) is 9.40. The first-order valence-corrected chi connectivity index (χ1v) is 4.89. The standard InChI is InChI=1S/C9H18N4O3/c1-4(2)7(11)9(16)13-5(8(12)15)3-6(10)14/h4-5,7H,3,11H2,1-2H3,(H2,10,14)(H2,12,15)(H,13,16)/t5-,7+/m0/s1. The number of primary amides is 2. The number of rotatable bonds is 6. The molecule has 16 heavy (non-hydrogen) atoms. The van der Waals surface area contributed by atoms with Gasteiger partial charge in [0.25, 0.3) is 0 Å². The zero-order chi connectivity index (χ0) is 12.9. The average molecular weight is 230 g/mol. The molecule has 3 amide bonds. The van der Waals surface area contributed by atoms with Crippen molar-refractivity contribution >= 4 is 17.7 Å². The van der Waals surface area contributed by atoms with Crippen LogP contribution in [0, 0.1) is 5.92 Å². The number of nitrogens with two attached hydrogens (primary N) is 3. The number of amides is 3. The molecule has 2 atom stereocenters. The first-order valence-electron chi connectivity index (χ1n) is 4.89. The van der Waals surface area contributed by atoms with Crippen LogP contribution in [0.25, 0.3) is 0 Å². The minimum atomic E-state index is -1.10. The van der Waals surface area contributed by atoms with E-state index in [1.807, 2.05) is 0 Å². The first-order chi connectivity index (χ1) is 7.25. The molecule has 0 aliphatic rings. The number of carbonyl (C=O) groups is 3. The second kappa shape index (κ2) is 6.06. The van der Waals surface area contributed by atoms with E-state index in [0.29, 0.717) is 0 Å². The summed E-state index contributed by atoms with van der Waals surface area (Å²) in [6.45, 7) is 3.52. The predicted octanol–water partition coefficient (Wildman–Crippen LogP) is -2.18. The van der Waals surface area contributed by atoms with E-state index in [-0.39, 0.29) is 12.3 Å². The molecule has 92 valence electrons. The highest BCUT2D eigenvalue weighted by Gasteiger charge is 2.24. The van der Waals surface area contributed by atoms with Crippen molar-refractivity contribution in [2.45, 2.75) is 32.4 Å². The van der Waals surface area contributed by atoms with E-state index in [1.165, 1.54) is 0 Å². The van der Waals surface area contributed by atoms with E-state index in [1.54, 1.807) is 13.8 Å². The fourth-order valence-corrected chi connectivity index (χ4v) is 0.995. The van der Waals surface area contributed by atoms with Crippen LogP contribution in [0.15, 0.2) is 0 Å². The summed E-state index contributed by atoms with van der Waals surface area (Å²) in [4.78, 5) is 33.0. The molecule has 0 radical (unpaired) electrons. The molecule has 0 aliphatic carbocycles. The summed E-state index contributed by atoms with van der Waals surface area (Å²) in [7, 11) is 0. The molecule has 7 N–H and O–H groups in total. The molecule has 0 aliphatic heterocycles. The van der Waals surface area contributed by atoms with Gasteiger partial charge in [-0.05, 0) is 5.92 Å². The van der Waals surface area contributed by atoms with Crippen molar-refractivity contribution < 1.29 is 14.4 Å². The highest BCUT2D eigenvalue weighted by molar-refractivity contribution is 5.92. The van der Waals surface area contributed by atoms with Gasteiger partial charge in [-0.1, -0.05) is 13.8 Å². The lowest BCUT2D eigenvalue weighted by atomic mass is 10.0. The fourth-order valence-electron chi connectivity index (χ4n) is 0.995. The fraction of sp³-hybridized carbons (Fsp3) is 0.667. The summed E-state index contributed by atoms with van der Waals surface area (Å²) >= 11 is 0. The Bertz CT molecular complexity index is 290. The maximum Gasteiger partial charge on any atom is 0.240 e. The Hall–Kier alpha value is -1.63. The van der Waals surface area contributed by atoms with Gasteiger partial charge in [0, 0.05) is 0 Å². The van der Waals surface area contributed by atoms with E-state index in [4.69, 9.17) is 17.2 Å². The van der Waals surface area contributed by atoms with Crippen molar-refractivity contribution in [2.75, 3.05) is 0 Å². The molecule has 0 saturated carbocycles. The summed E-state index contributed by atoms with van der Waals surface area (Å²) in [6, 6.07) is -1.86.